The molecular weight excluding hydrogens is 376 g/mol. The van der Waals surface area contributed by atoms with Gasteiger partial charge in [-0.25, -0.2) is 4.79 Å². The molecule has 28 heavy (non-hydrogen) atoms. The molecule has 6 nitrogen and oxygen atoms in total. The average molecular weight is 405 g/mol. The zero-order valence-corrected chi connectivity index (χ0v) is 17.8. The fourth-order valence-electron chi connectivity index (χ4n) is 2.85. The van der Waals surface area contributed by atoms with Crippen LogP contribution in [-0.4, -0.2) is 32.1 Å². The Bertz CT molecular complexity index is 922. The fourth-order valence-corrected chi connectivity index (χ4v) is 3.31. The van der Waals surface area contributed by atoms with E-state index in [0.717, 1.165) is 28.6 Å². The molecule has 0 fully saturated rings. The predicted octanol–water partition coefficient (Wildman–Crippen LogP) is 4.33. The molecule has 0 aromatic heterocycles. The van der Waals surface area contributed by atoms with E-state index in [1.807, 2.05) is 32.0 Å². The summed E-state index contributed by atoms with van der Waals surface area (Å²) in [5.74, 6) is 0.555. The Labute approximate surface area is 167 Å². The largest absolute Gasteiger partial charge is 0.383 e. The van der Waals surface area contributed by atoms with Crippen LogP contribution in [0.5, 0.6) is 5.75 Å². The van der Waals surface area contributed by atoms with Crippen molar-refractivity contribution in [1.29, 1.82) is 0 Å². The van der Waals surface area contributed by atoms with Crippen LogP contribution in [0.15, 0.2) is 42.5 Å². The van der Waals surface area contributed by atoms with Crippen LogP contribution in [0.3, 0.4) is 0 Å². The first kappa shape index (κ1) is 21.8. The molecule has 2 aromatic carbocycles. The number of carbonyl (C=O) groups excluding carboxylic acids is 1. The molecule has 0 saturated heterocycles. The second-order valence-electron chi connectivity index (χ2n) is 7.45. The number of rotatable bonds is 7. The maximum absolute atomic E-state index is 12.9. The Morgan fingerprint density at radius 2 is 1.75 bits per heavy atom. The van der Waals surface area contributed by atoms with E-state index in [1.165, 1.54) is 0 Å². The molecule has 0 bridgehead atoms. The van der Waals surface area contributed by atoms with Gasteiger partial charge in [0, 0.05) is 18.8 Å². The molecule has 2 amide bonds. The van der Waals surface area contributed by atoms with E-state index in [9.17, 15) is 13.2 Å². The number of amides is 2. The van der Waals surface area contributed by atoms with Crippen LogP contribution in [-0.2, 0) is 16.7 Å². The molecule has 0 radical (unpaired) electrons. The van der Waals surface area contributed by atoms with Gasteiger partial charge >= 0.3 is 16.1 Å². The number of carbonyl (C=O) groups is 1. The average Bonchev–Trinajstić information content (AvgIpc) is 2.56. The third-order valence-electron chi connectivity index (χ3n) is 4.04. The van der Waals surface area contributed by atoms with Crippen LogP contribution in [0, 0.1) is 19.8 Å². The van der Waals surface area contributed by atoms with Crippen LogP contribution in [0.25, 0.3) is 0 Å². The van der Waals surface area contributed by atoms with Gasteiger partial charge < -0.3 is 14.4 Å². The summed E-state index contributed by atoms with van der Waals surface area (Å²) in [6, 6.07) is 12.4. The van der Waals surface area contributed by atoms with Crippen molar-refractivity contribution in [3.63, 3.8) is 0 Å². The number of anilines is 1. The van der Waals surface area contributed by atoms with Crippen molar-refractivity contribution in [2.24, 2.45) is 5.92 Å². The van der Waals surface area contributed by atoms with Gasteiger partial charge in [0.15, 0.2) is 0 Å². The minimum absolute atomic E-state index is 0.169. The summed E-state index contributed by atoms with van der Waals surface area (Å²) in [6.07, 6.45) is 1.00. The summed E-state index contributed by atoms with van der Waals surface area (Å²) >= 11 is 0. The second kappa shape index (κ2) is 9.10. The van der Waals surface area contributed by atoms with Gasteiger partial charge in [0.25, 0.3) is 0 Å². The predicted molar refractivity (Wildman–Crippen MR) is 112 cm³/mol. The maximum Gasteiger partial charge on any atom is 0.322 e. The van der Waals surface area contributed by atoms with E-state index in [-0.39, 0.29) is 11.8 Å². The number of nitrogens with zero attached hydrogens (tertiary/aromatic N) is 1. The smallest absolute Gasteiger partial charge is 0.322 e. The lowest BCUT2D eigenvalue weighted by molar-refractivity contribution is 0.201. The molecule has 0 heterocycles. The third-order valence-corrected chi connectivity index (χ3v) is 4.54. The summed E-state index contributed by atoms with van der Waals surface area (Å²) < 4.78 is 27.3. The van der Waals surface area contributed by atoms with Crippen molar-refractivity contribution >= 4 is 21.8 Å². The van der Waals surface area contributed by atoms with Crippen LogP contribution >= 0.6 is 0 Å². The highest BCUT2D eigenvalue weighted by Crippen LogP contribution is 2.19. The van der Waals surface area contributed by atoms with E-state index < -0.39 is 10.1 Å². The zero-order chi connectivity index (χ0) is 20.9. The molecule has 0 atom stereocenters. The van der Waals surface area contributed by atoms with Gasteiger partial charge in [-0.3, -0.25) is 0 Å². The number of aryl methyl sites for hydroxylation is 2. The zero-order valence-electron chi connectivity index (χ0n) is 17.0. The number of nitrogens with one attached hydrogen (secondary N) is 1. The van der Waals surface area contributed by atoms with Crippen molar-refractivity contribution in [3.05, 3.63) is 59.2 Å². The second-order valence-corrected chi connectivity index (χ2v) is 9.03. The van der Waals surface area contributed by atoms with Crippen molar-refractivity contribution in [2.45, 2.75) is 34.2 Å². The number of hydrogen-bond donors (Lipinski definition) is 1. The Morgan fingerprint density at radius 3 is 2.29 bits per heavy atom. The molecule has 152 valence electrons. The van der Waals surface area contributed by atoms with E-state index in [1.54, 1.807) is 29.2 Å². The first-order valence-electron chi connectivity index (χ1n) is 9.15. The Kier molecular flexibility index (Phi) is 7.07. The summed E-state index contributed by atoms with van der Waals surface area (Å²) in [5.41, 5.74) is 3.84. The van der Waals surface area contributed by atoms with Crippen molar-refractivity contribution in [3.8, 4) is 5.75 Å². The van der Waals surface area contributed by atoms with Gasteiger partial charge in [-0.1, -0.05) is 43.7 Å². The standard InChI is InChI=1S/C21H28N2O4S/c1-15(2)13-23(21(24)22-20-11-6-16(3)12-17(20)4)14-18-7-9-19(10-8-18)27-28(5,25)26/h6-12,15H,13-14H2,1-5H3,(H,22,24). The Balaban J connectivity index is 2.13. The SMILES string of the molecule is Cc1ccc(NC(=O)N(Cc2ccc(OS(C)(=O)=O)cc2)CC(C)C)c(C)c1. The quantitative estimate of drug-likeness (QED) is 0.697. The van der Waals surface area contributed by atoms with Crippen LogP contribution < -0.4 is 9.50 Å². The molecule has 0 aliphatic rings. The van der Waals surface area contributed by atoms with Gasteiger partial charge in [0.05, 0.1) is 6.26 Å². The minimum atomic E-state index is -3.56. The summed E-state index contributed by atoms with van der Waals surface area (Å²) in [5, 5.41) is 2.99. The molecule has 0 aliphatic carbocycles. The number of benzene rings is 2. The molecule has 7 heteroatoms. The summed E-state index contributed by atoms with van der Waals surface area (Å²) in [7, 11) is -3.56. The third kappa shape index (κ3) is 6.88. The van der Waals surface area contributed by atoms with Gasteiger partial charge in [-0.2, -0.15) is 8.42 Å². The van der Waals surface area contributed by atoms with E-state index >= 15 is 0 Å². The lowest BCUT2D eigenvalue weighted by atomic mass is 10.1. The molecule has 2 rings (SSSR count). The summed E-state index contributed by atoms with van der Waals surface area (Å²) in [4.78, 5) is 14.6. The van der Waals surface area contributed by atoms with Crippen molar-refractivity contribution in [2.75, 3.05) is 18.1 Å². The Hall–Kier alpha value is -2.54. The van der Waals surface area contributed by atoms with Crippen molar-refractivity contribution < 1.29 is 17.4 Å². The molecule has 0 saturated carbocycles. The maximum atomic E-state index is 12.9. The highest BCUT2D eigenvalue weighted by molar-refractivity contribution is 7.86. The van der Waals surface area contributed by atoms with Gasteiger partial charge in [-0.05, 0) is 49.1 Å². The molecule has 0 spiro atoms. The lowest BCUT2D eigenvalue weighted by Crippen LogP contribution is -2.37. The van der Waals surface area contributed by atoms with Crippen LogP contribution in [0.1, 0.15) is 30.5 Å². The lowest BCUT2D eigenvalue weighted by Gasteiger charge is -2.25. The molecule has 2 aromatic rings. The molecule has 1 N–H and O–H groups in total. The minimum Gasteiger partial charge on any atom is -0.383 e. The first-order chi connectivity index (χ1) is 13.0. The van der Waals surface area contributed by atoms with Gasteiger partial charge in [0.2, 0.25) is 0 Å². The highest BCUT2D eigenvalue weighted by Gasteiger charge is 2.17. The highest BCUT2D eigenvalue weighted by atomic mass is 32.2. The normalized spacial score (nSPS) is 11.4. The molecule has 0 unspecified atom stereocenters. The topological polar surface area (TPSA) is 75.7 Å². The molecular formula is C21H28N2O4S. The van der Waals surface area contributed by atoms with Gasteiger partial charge in [0.1, 0.15) is 5.75 Å². The van der Waals surface area contributed by atoms with Crippen LogP contribution in [0.2, 0.25) is 0 Å². The summed E-state index contributed by atoms with van der Waals surface area (Å²) in [6.45, 7) is 9.10. The Morgan fingerprint density at radius 1 is 1.11 bits per heavy atom. The molecule has 0 aliphatic heterocycles. The fraction of sp³-hybridized carbons (Fsp3) is 0.381. The van der Waals surface area contributed by atoms with E-state index in [0.29, 0.717) is 19.0 Å². The first-order valence-corrected chi connectivity index (χ1v) is 11.0. The van der Waals surface area contributed by atoms with E-state index in [4.69, 9.17) is 4.18 Å². The number of urea groups is 1. The van der Waals surface area contributed by atoms with Crippen molar-refractivity contribution in [1.82, 2.24) is 4.90 Å². The van der Waals surface area contributed by atoms with Crippen LogP contribution in [0.4, 0.5) is 10.5 Å². The number of hydrogen-bond acceptors (Lipinski definition) is 4. The monoisotopic (exact) mass is 404 g/mol. The van der Waals surface area contributed by atoms with Gasteiger partial charge in [-0.15, -0.1) is 0 Å². The van der Waals surface area contributed by atoms with E-state index in [2.05, 4.69) is 19.2 Å².